The molecule has 0 aliphatic carbocycles. The topological polar surface area (TPSA) is 92.3 Å². The summed E-state index contributed by atoms with van der Waals surface area (Å²) in [5, 5.41) is 15.2. The van der Waals surface area contributed by atoms with Gasteiger partial charge in [-0.05, 0) is 24.3 Å². The molecule has 0 radical (unpaired) electrons. The summed E-state index contributed by atoms with van der Waals surface area (Å²) in [5.41, 5.74) is 8.66. The Labute approximate surface area is 115 Å². The number of nitrogens with zero attached hydrogens (tertiary/aromatic N) is 4. The molecule has 0 aliphatic heterocycles. The summed E-state index contributed by atoms with van der Waals surface area (Å²) in [6, 6.07) is 13.2. The van der Waals surface area contributed by atoms with E-state index in [4.69, 9.17) is 5.73 Å². The highest BCUT2D eigenvalue weighted by Crippen LogP contribution is 2.33. The minimum atomic E-state index is 0.309. The van der Waals surface area contributed by atoms with E-state index in [0.717, 1.165) is 11.3 Å². The van der Waals surface area contributed by atoms with E-state index in [0.29, 0.717) is 17.2 Å². The van der Waals surface area contributed by atoms with E-state index >= 15 is 0 Å². The highest BCUT2D eigenvalue weighted by molar-refractivity contribution is 5.78. The van der Waals surface area contributed by atoms with Crippen LogP contribution in [-0.2, 0) is 0 Å². The van der Waals surface area contributed by atoms with Crippen LogP contribution in [0.3, 0.4) is 0 Å². The van der Waals surface area contributed by atoms with Gasteiger partial charge in [-0.15, -0.1) is 5.11 Å². The second kappa shape index (κ2) is 5.31. The Morgan fingerprint density at radius 2 is 1.85 bits per heavy atom. The van der Waals surface area contributed by atoms with Gasteiger partial charge in [0.1, 0.15) is 0 Å². The molecule has 0 saturated heterocycles. The predicted molar refractivity (Wildman–Crippen MR) is 76.8 cm³/mol. The summed E-state index contributed by atoms with van der Waals surface area (Å²) < 4.78 is 0. The zero-order valence-electron chi connectivity index (χ0n) is 10.6. The van der Waals surface area contributed by atoms with Crippen LogP contribution in [0.1, 0.15) is 0 Å². The van der Waals surface area contributed by atoms with Gasteiger partial charge < -0.3 is 5.73 Å². The van der Waals surface area contributed by atoms with Gasteiger partial charge in [0, 0.05) is 18.0 Å². The second-order valence-corrected chi connectivity index (χ2v) is 4.11. The Hall–Kier alpha value is -3.02. The first-order valence-corrected chi connectivity index (χ1v) is 6.05. The van der Waals surface area contributed by atoms with Crippen molar-refractivity contribution in [1.29, 1.82) is 0 Å². The van der Waals surface area contributed by atoms with Crippen molar-refractivity contribution in [2.24, 2.45) is 10.2 Å². The van der Waals surface area contributed by atoms with Crippen LogP contribution in [-0.4, -0.2) is 15.2 Å². The number of nitrogen functional groups attached to an aromatic ring is 1. The van der Waals surface area contributed by atoms with Gasteiger partial charge in [-0.3, -0.25) is 10.1 Å². The number of aromatic amines is 1. The average molecular weight is 264 g/mol. The lowest BCUT2D eigenvalue weighted by Gasteiger charge is -1.98. The number of pyridine rings is 1. The van der Waals surface area contributed by atoms with Crippen molar-refractivity contribution >= 4 is 17.2 Å². The average Bonchev–Trinajstić information content (AvgIpc) is 2.88. The summed E-state index contributed by atoms with van der Waals surface area (Å²) in [4.78, 5) is 4.07. The van der Waals surface area contributed by atoms with Gasteiger partial charge in [0.05, 0.1) is 11.4 Å². The number of aromatic nitrogens is 3. The lowest BCUT2D eigenvalue weighted by atomic mass is 10.2. The molecule has 2 aromatic heterocycles. The van der Waals surface area contributed by atoms with E-state index < -0.39 is 0 Å². The lowest BCUT2D eigenvalue weighted by molar-refractivity contribution is 1.10. The molecule has 3 aromatic rings. The largest absolute Gasteiger partial charge is 0.380 e. The third kappa shape index (κ3) is 2.39. The molecule has 1 aromatic carbocycles. The van der Waals surface area contributed by atoms with Gasteiger partial charge in [0.15, 0.2) is 11.5 Å². The van der Waals surface area contributed by atoms with Crippen LogP contribution in [0.25, 0.3) is 11.3 Å². The molecule has 3 rings (SSSR count). The minimum absolute atomic E-state index is 0.309. The SMILES string of the molecule is Nc1n[nH]c(-c2cccnc2)c1N=Nc1ccccc1. The van der Waals surface area contributed by atoms with Gasteiger partial charge in [-0.2, -0.15) is 10.2 Å². The number of hydrogen-bond acceptors (Lipinski definition) is 5. The van der Waals surface area contributed by atoms with Gasteiger partial charge >= 0.3 is 0 Å². The maximum atomic E-state index is 5.83. The van der Waals surface area contributed by atoms with Crippen LogP contribution < -0.4 is 5.73 Å². The highest BCUT2D eigenvalue weighted by Gasteiger charge is 2.12. The Morgan fingerprint density at radius 3 is 2.60 bits per heavy atom. The van der Waals surface area contributed by atoms with Crippen LogP contribution in [0.2, 0.25) is 0 Å². The summed E-state index contributed by atoms with van der Waals surface area (Å²) in [5.74, 6) is 0.309. The molecule has 0 bridgehead atoms. The number of nitrogens with one attached hydrogen (secondary N) is 1. The number of rotatable bonds is 3. The zero-order chi connectivity index (χ0) is 13.8. The number of anilines is 1. The first kappa shape index (κ1) is 12.0. The molecule has 3 N–H and O–H groups in total. The molecule has 6 heteroatoms. The highest BCUT2D eigenvalue weighted by atomic mass is 15.2. The maximum absolute atomic E-state index is 5.83. The molecular weight excluding hydrogens is 252 g/mol. The summed E-state index contributed by atoms with van der Waals surface area (Å²) >= 11 is 0. The number of azo groups is 1. The van der Waals surface area contributed by atoms with E-state index in [-0.39, 0.29) is 0 Å². The van der Waals surface area contributed by atoms with Gasteiger partial charge in [-0.25, -0.2) is 0 Å². The lowest BCUT2D eigenvalue weighted by Crippen LogP contribution is -1.83. The zero-order valence-corrected chi connectivity index (χ0v) is 10.6. The van der Waals surface area contributed by atoms with E-state index in [9.17, 15) is 0 Å². The fraction of sp³-hybridized carbons (Fsp3) is 0. The Kier molecular flexibility index (Phi) is 3.20. The maximum Gasteiger partial charge on any atom is 0.173 e. The van der Waals surface area contributed by atoms with Crippen LogP contribution in [0.4, 0.5) is 17.2 Å². The van der Waals surface area contributed by atoms with Gasteiger partial charge in [-0.1, -0.05) is 18.2 Å². The summed E-state index contributed by atoms with van der Waals surface area (Å²) in [7, 11) is 0. The van der Waals surface area contributed by atoms with Crippen molar-refractivity contribution in [3.05, 3.63) is 54.9 Å². The van der Waals surface area contributed by atoms with Crippen molar-refractivity contribution in [1.82, 2.24) is 15.2 Å². The first-order chi connectivity index (χ1) is 9.84. The Bertz CT molecular complexity index is 718. The molecule has 0 aliphatic rings. The monoisotopic (exact) mass is 264 g/mol. The fourth-order valence-electron chi connectivity index (χ4n) is 1.77. The Morgan fingerprint density at radius 1 is 1.00 bits per heavy atom. The number of hydrogen-bond donors (Lipinski definition) is 2. The van der Waals surface area contributed by atoms with Crippen molar-refractivity contribution in [2.45, 2.75) is 0 Å². The van der Waals surface area contributed by atoms with Gasteiger partial charge in [0.25, 0.3) is 0 Å². The molecule has 0 fully saturated rings. The van der Waals surface area contributed by atoms with Gasteiger partial charge in [0.2, 0.25) is 0 Å². The van der Waals surface area contributed by atoms with Crippen LogP contribution in [0.5, 0.6) is 0 Å². The Balaban J connectivity index is 1.98. The van der Waals surface area contributed by atoms with E-state index in [1.54, 1.807) is 12.4 Å². The second-order valence-electron chi connectivity index (χ2n) is 4.11. The number of benzene rings is 1. The minimum Gasteiger partial charge on any atom is -0.380 e. The molecular formula is C14H12N6. The van der Waals surface area contributed by atoms with E-state index in [2.05, 4.69) is 25.4 Å². The van der Waals surface area contributed by atoms with Crippen LogP contribution in [0, 0.1) is 0 Å². The van der Waals surface area contributed by atoms with Crippen molar-refractivity contribution in [3.63, 3.8) is 0 Å². The normalized spacial score (nSPS) is 11.0. The van der Waals surface area contributed by atoms with Crippen molar-refractivity contribution < 1.29 is 0 Å². The first-order valence-electron chi connectivity index (χ1n) is 6.05. The summed E-state index contributed by atoms with van der Waals surface area (Å²) in [6.45, 7) is 0. The number of H-pyrrole nitrogens is 1. The molecule has 0 spiro atoms. The fourth-order valence-corrected chi connectivity index (χ4v) is 1.77. The molecule has 0 saturated carbocycles. The van der Waals surface area contributed by atoms with E-state index in [1.807, 2.05) is 42.5 Å². The molecule has 6 nitrogen and oxygen atoms in total. The molecule has 0 unspecified atom stereocenters. The summed E-state index contributed by atoms with van der Waals surface area (Å²) in [6.07, 6.45) is 3.42. The molecule has 0 atom stereocenters. The third-order valence-corrected chi connectivity index (χ3v) is 2.74. The quantitative estimate of drug-likeness (QED) is 0.709. The third-order valence-electron chi connectivity index (χ3n) is 2.74. The van der Waals surface area contributed by atoms with E-state index in [1.165, 1.54) is 0 Å². The molecule has 2 heterocycles. The van der Waals surface area contributed by atoms with Crippen LogP contribution >= 0.6 is 0 Å². The van der Waals surface area contributed by atoms with Crippen molar-refractivity contribution in [3.8, 4) is 11.3 Å². The predicted octanol–water partition coefficient (Wildman–Crippen LogP) is 3.47. The molecule has 0 amide bonds. The number of nitrogens with two attached hydrogens (primary N) is 1. The molecule has 98 valence electrons. The smallest absolute Gasteiger partial charge is 0.173 e. The molecule has 20 heavy (non-hydrogen) atoms. The van der Waals surface area contributed by atoms with Crippen LogP contribution in [0.15, 0.2) is 65.1 Å². The standard InChI is InChI=1S/C14H12N6/c15-14-13(19-17-11-6-2-1-3-7-11)12(18-20-14)10-5-4-8-16-9-10/h1-9H,(H3,15,18,20). The van der Waals surface area contributed by atoms with Crippen molar-refractivity contribution in [2.75, 3.05) is 5.73 Å².